The highest BCUT2D eigenvalue weighted by molar-refractivity contribution is 5.99. The second-order valence-electron chi connectivity index (χ2n) is 30.2. The normalized spacial score (nSPS) is 24.3. The molecule has 27 nitrogen and oxygen atoms in total. The van der Waals surface area contributed by atoms with Gasteiger partial charge in [-0.2, -0.15) is 0 Å². The van der Waals surface area contributed by atoms with E-state index in [1.54, 1.807) is 122 Å². The van der Waals surface area contributed by atoms with Gasteiger partial charge in [0.1, 0.15) is 72.5 Å². The Morgan fingerprint density at radius 1 is 0.615 bits per heavy atom. The SMILES string of the molecule is CNC(C)C(=O)NC(C(=O)N1CC2(C=N)CC1C(=O)NC(Cc1ccc3ccccc3c1)C(=O)NC(C(=O)O)Cc1ccc(cc1)C(O)NC1CC(C(=O)NC(Cc3ccc4ccccc4c3)C(=O)NC(C(=O)O)Cc3ccc(cc3)OCC=CCO2)N(C(=O)C(NC(=O)C(C)NC)C(C)(C)C)C1)C1CCCCC1. The number of hydrogen-bond acceptors (Lipinski definition) is 17. The first kappa shape index (κ1) is 81.1. The van der Waals surface area contributed by atoms with Crippen molar-refractivity contribution in [3.63, 3.8) is 0 Å². The number of carboxylic acids is 2. The van der Waals surface area contributed by atoms with Crippen molar-refractivity contribution in [2.24, 2.45) is 11.3 Å². The number of amides is 8. The Labute approximate surface area is 634 Å². The van der Waals surface area contributed by atoms with Crippen molar-refractivity contribution in [2.45, 2.75) is 184 Å². The molecule has 1 saturated carbocycles. The van der Waals surface area contributed by atoms with Crippen LogP contribution in [0.4, 0.5) is 0 Å². The molecule has 27 heteroatoms. The molecule has 2 saturated heterocycles. The molecule has 8 amide bonds. The number of likely N-dealkylation sites (tertiary alicyclic amines) is 2. The molecule has 0 aromatic heterocycles. The van der Waals surface area contributed by atoms with Crippen LogP contribution in [-0.2, 0) is 78.4 Å². The van der Waals surface area contributed by atoms with Crippen molar-refractivity contribution >= 4 is 87.0 Å². The summed E-state index contributed by atoms with van der Waals surface area (Å²) in [6, 6.07) is 25.7. The van der Waals surface area contributed by atoms with E-state index in [2.05, 4.69) is 47.9 Å². The first-order valence-electron chi connectivity index (χ1n) is 37.4. The van der Waals surface area contributed by atoms with Crippen molar-refractivity contribution in [3.05, 3.63) is 173 Å². The van der Waals surface area contributed by atoms with Gasteiger partial charge in [-0.25, -0.2) is 9.59 Å². The van der Waals surface area contributed by atoms with Crippen LogP contribution in [0.25, 0.3) is 21.5 Å². The molecule has 6 aromatic carbocycles. The lowest BCUT2D eigenvalue weighted by Crippen LogP contribution is -2.61. The predicted octanol–water partition coefficient (Wildman–Crippen LogP) is 4.69. The van der Waals surface area contributed by atoms with E-state index >= 15 is 24.0 Å². The van der Waals surface area contributed by atoms with E-state index in [-0.39, 0.29) is 76.3 Å². The lowest BCUT2D eigenvalue weighted by atomic mass is 9.83. The van der Waals surface area contributed by atoms with Crippen LogP contribution in [0, 0.1) is 16.7 Å². The van der Waals surface area contributed by atoms with Gasteiger partial charge >= 0.3 is 11.9 Å². The Morgan fingerprint density at radius 2 is 1.12 bits per heavy atom. The van der Waals surface area contributed by atoms with E-state index in [1.165, 1.54) is 9.80 Å². The van der Waals surface area contributed by atoms with Crippen molar-refractivity contribution in [2.75, 3.05) is 40.4 Å². The fraction of sp³-hybridized carbons (Fsp3) is 0.451. The molecule has 13 unspecified atom stereocenters. The summed E-state index contributed by atoms with van der Waals surface area (Å²) in [6.07, 6.45) is 5.52. The molecule has 13 N–H and O–H groups in total. The number of nitrogens with one attached hydrogen (secondary N) is 10. The quantitative estimate of drug-likeness (QED) is 0.0462. The van der Waals surface area contributed by atoms with Gasteiger partial charge in [-0.15, -0.1) is 0 Å². The topological polar surface area (TPSA) is 388 Å². The van der Waals surface area contributed by atoms with Crippen LogP contribution < -0.4 is 52.6 Å². The van der Waals surface area contributed by atoms with E-state index in [4.69, 9.17) is 14.9 Å². The van der Waals surface area contributed by atoms with Crippen LogP contribution in [0.5, 0.6) is 5.75 Å². The summed E-state index contributed by atoms with van der Waals surface area (Å²) in [6.45, 7) is 7.95. The predicted molar refractivity (Wildman–Crippen MR) is 410 cm³/mol. The average molecular weight is 1500 g/mol. The molecule has 7 aliphatic rings. The van der Waals surface area contributed by atoms with Gasteiger partial charge in [0.15, 0.2) is 0 Å². The Balaban J connectivity index is 0.991. The molecule has 6 aliphatic heterocycles. The number of aliphatic hydroxyl groups excluding tert-OH is 1. The van der Waals surface area contributed by atoms with Crippen molar-refractivity contribution < 1.29 is 72.7 Å². The molecule has 8 bridgehead atoms. The highest BCUT2D eigenvalue weighted by atomic mass is 16.5. The van der Waals surface area contributed by atoms with Crippen LogP contribution in [0.15, 0.2) is 146 Å². The van der Waals surface area contributed by atoms with Crippen molar-refractivity contribution in [3.8, 4) is 5.75 Å². The van der Waals surface area contributed by atoms with Gasteiger partial charge in [-0.1, -0.05) is 167 Å². The number of aliphatic carboxylic acids is 2. The van der Waals surface area contributed by atoms with E-state index in [0.29, 0.717) is 40.8 Å². The summed E-state index contributed by atoms with van der Waals surface area (Å²) >= 11 is 0. The molecule has 0 spiro atoms. The molecular formula is C82H102N12O15. The third kappa shape index (κ3) is 20.9. The number of rotatable bonds is 16. The summed E-state index contributed by atoms with van der Waals surface area (Å²) in [5.41, 5.74) is -0.0835. The summed E-state index contributed by atoms with van der Waals surface area (Å²) in [5, 5.41) is 71.9. The van der Waals surface area contributed by atoms with Crippen LogP contribution in [0.3, 0.4) is 0 Å². The number of aliphatic hydroxyl groups is 1. The largest absolute Gasteiger partial charge is 0.490 e. The van der Waals surface area contributed by atoms with Crippen LogP contribution in [0.2, 0.25) is 0 Å². The average Bonchev–Trinajstić information content (AvgIpc) is 1.63. The lowest BCUT2D eigenvalue weighted by molar-refractivity contribution is -0.145. The van der Waals surface area contributed by atoms with Gasteiger partial charge in [0.05, 0.1) is 25.2 Å². The highest BCUT2D eigenvalue weighted by Crippen LogP contribution is 2.35. The lowest BCUT2D eigenvalue weighted by Gasteiger charge is -2.36. The smallest absolute Gasteiger partial charge is 0.326 e. The third-order valence-electron chi connectivity index (χ3n) is 21.3. The fourth-order valence-corrected chi connectivity index (χ4v) is 14.7. The molecule has 3 fully saturated rings. The number of benzene rings is 6. The molecule has 109 heavy (non-hydrogen) atoms. The van der Waals surface area contributed by atoms with Crippen LogP contribution >= 0.6 is 0 Å². The van der Waals surface area contributed by atoms with E-state index in [9.17, 15) is 39.3 Å². The van der Waals surface area contributed by atoms with E-state index in [0.717, 1.165) is 47.0 Å². The van der Waals surface area contributed by atoms with Crippen molar-refractivity contribution in [1.29, 1.82) is 5.41 Å². The fourth-order valence-electron chi connectivity index (χ4n) is 14.7. The number of ether oxygens (including phenoxy) is 2. The zero-order valence-corrected chi connectivity index (χ0v) is 62.7. The maximum Gasteiger partial charge on any atom is 0.326 e. The summed E-state index contributed by atoms with van der Waals surface area (Å²) in [4.78, 5) is 148. The van der Waals surface area contributed by atoms with E-state index in [1.807, 2.05) is 72.8 Å². The van der Waals surface area contributed by atoms with Crippen LogP contribution in [-0.4, -0.2) is 203 Å². The highest BCUT2D eigenvalue weighted by Gasteiger charge is 2.52. The minimum Gasteiger partial charge on any atom is -0.490 e. The van der Waals surface area contributed by atoms with E-state index < -0.39 is 143 Å². The van der Waals surface area contributed by atoms with Gasteiger partial charge in [0.25, 0.3) is 0 Å². The molecular weight excluding hydrogens is 1390 g/mol. The maximum absolute atomic E-state index is 15.4. The first-order valence-corrected chi connectivity index (χ1v) is 37.4. The minimum atomic E-state index is -1.60. The van der Waals surface area contributed by atoms with Gasteiger partial charge in [0.2, 0.25) is 47.3 Å². The molecule has 0 radical (unpaired) electrons. The van der Waals surface area contributed by atoms with Gasteiger partial charge in [0, 0.05) is 50.9 Å². The Bertz CT molecular complexity index is 4320. The standard InChI is InChI=1S/C82H102N12O15/c1-48(84-6)70(95)91-68(56-19-9-8-10-20-56)77(102)94-47-82(46-83)44-67(94)76(101)88-63(42-53-26-30-55-18-12-14-22-59(55)38-53)74(99)89-64(79(104)105)39-50-23-31-57(32-24-50)72(97)86-60-43-66(93(45-60)78(103)69(81(3,4)5)92-71(96)49(2)85-7)75(100)87-62(41-52-25-29-54-17-11-13-21-58(54)37-52)73(98)90-65(80(106)107)40-51-27-33-61(34-28-51)108-35-15-16-36-109-82/h11-18,21-34,37-38,46,48-49,56,60,62-69,72,83-86,97H,8-10,19-20,35-36,39-45,47H2,1-7H3,(H,87,100)(H,88,101)(H,89,99)(H,90,98)(H,91,95)(H,92,96)(H,104,105)(H,106,107). The van der Waals surface area contributed by atoms with Gasteiger partial charge < -0.3 is 82.5 Å². The van der Waals surface area contributed by atoms with Gasteiger partial charge in [-0.05, 0) is 126 Å². The summed E-state index contributed by atoms with van der Waals surface area (Å²) in [7, 11) is 3.21. The zero-order valence-electron chi connectivity index (χ0n) is 62.7. The summed E-state index contributed by atoms with van der Waals surface area (Å²) < 4.78 is 12.5. The van der Waals surface area contributed by atoms with Gasteiger partial charge in [-0.3, -0.25) is 43.7 Å². The monoisotopic (exact) mass is 1490 g/mol. The Hall–Kier alpha value is -10.5. The molecule has 13 rings (SSSR count). The number of carbonyl (C=O) groups is 10. The Kier molecular flexibility index (Phi) is 27.2. The first-order chi connectivity index (χ1) is 52.1. The number of likely N-dealkylation sites (N-methyl/N-ethyl adjacent to an activating group) is 2. The third-order valence-corrected chi connectivity index (χ3v) is 21.3. The molecule has 1 aliphatic carbocycles. The number of hydrogen-bond donors (Lipinski definition) is 13. The molecule has 6 heterocycles. The summed E-state index contributed by atoms with van der Waals surface area (Å²) in [5.74, 6) is -8.12. The second-order valence-corrected chi connectivity index (χ2v) is 30.2. The number of nitrogens with zero attached hydrogens (tertiary/aromatic N) is 2. The minimum absolute atomic E-state index is 0.00707. The van der Waals surface area contributed by atoms with Crippen molar-refractivity contribution in [1.82, 2.24) is 57.7 Å². The van der Waals surface area contributed by atoms with Crippen LogP contribution in [0.1, 0.15) is 114 Å². The number of carboxylic acid groups (broad SMARTS) is 2. The Morgan fingerprint density at radius 3 is 1.63 bits per heavy atom. The second kappa shape index (κ2) is 36.6. The zero-order chi connectivity index (χ0) is 78.3. The molecule has 6 aromatic rings. The number of carbonyl (C=O) groups excluding carboxylic acids is 8. The maximum atomic E-state index is 15.4. The molecule has 13 atom stereocenters. The number of fused-ring (bicyclic) bond motifs is 2. The molecule has 580 valence electrons.